The highest BCUT2D eigenvalue weighted by Gasteiger charge is 2.31. The van der Waals surface area contributed by atoms with Crippen molar-refractivity contribution in [3.05, 3.63) is 64.4 Å². The molecule has 1 fully saturated rings. The lowest BCUT2D eigenvalue weighted by Gasteiger charge is -2.11. The lowest BCUT2D eigenvalue weighted by atomic mass is 10.0. The molecule has 2 aromatic carbocycles. The second-order valence-electron chi connectivity index (χ2n) is 7.09. The molecular formula is C23H20O7. The van der Waals surface area contributed by atoms with Crippen molar-refractivity contribution in [3.8, 4) is 11.5 Å². The van der Waals surface area contributed by atoms with Crippen molar-refractivity contribution >= 4 is 23.8 Å². The molecule has 4 rings (SSSR count). The second-order valence-corrected chi connectivity index (χ2v) is 7.09. The third kappa shape index (κ3) is 3.84. The van der Waals surface area contributed by atoms with Gasteiger partial charge in [-0.2, -0.15) is 0 Å². The molecule has 7 heteroatoms. The Hall–Kier alpha value is -3.45. The van der Waals surface area contributed by atoms with Crippen molar-refractivity contribution in [1.29, 1.82) is 0 Å². The summed E-state index contributed by atoms with van der Waals surface area (Å²) in [5.74, 6) is -0.331. The molecule has 0 spiro atoms. The van der Waals surface area contributed by atoms with Gasteiger partial charge in [0.15, 0.2) is 11.9 Å². The van der Waals surface area contributed by atoms with Gasteiger partial charge in [0.1, 0.15) is 11.5 Å². The Bertz CT molecular complexity index is 1040. The minimum Gasteiger partial charge on any atom is -0.465 e. The quantitative estimate of drug-likeness (QED) is 0.435. The number of rotatable bonds is 4. The van der Waals surface area contributed by atoms with Crippen LogP contribution in [0.1, 0.15) is 44.7 Å². The highest BCUT2D eigenvalue weighted by molar-refractivity contribution is 6.15. The lowest BCUT2D eigenvalue weighted by Crippen LogP contribution is -2.24. The summed E-state index contributed by atoms with van der Waals surface area (Å²) in [5.41, 5.74) is 2.19. The van der Waals surface area contributed by atoms with Crippen LogP contribution in [0.3, 0.4) is 0 Å². The van der Waals surface area contributed by atoms with Crippen LogP contribution in [0.5, 0.6) is 11.5 Å². The number of methoxy groups -OCH3 is 1. The summed E-state index contributed by atoms with van der Waals surface area (Å²) >= 11 is 0. The van der Waals surface area contributed by atoms with Crippen LogP contribution in [0, 0.1) is 6.92 Å². The predicted molar refractivity (Wildman–Crippen MR) is 107 cm³/mol. The average molecular weight is 408 g/mol. The van der Waals surface area contributed by atoms with Gasteiger partial charge in [-0.05, 0) is 55.2 Å². The van der Waals surface area contributed by atoms with Crippen LogP contribution in [0.25, 0.3) is 6.08 Å². The van der Waals surface area contributed by atoms with Crippen LogP contribution < -0.4 is 9.47 Å². The summed E-state index contributed by atoms with van der Waals surface area (Å²) < 4.78 is 21.2. The van der Waals surface area contributed by atoms with Gasteiger partial charge in [0.05, 0.1) is 18.2 Å². The Labute approximate surface area is 173 Å². The Morgan fingerprint density at radius 3 is 2.60 bits per heavy atom. The highest BCUT2D eigenvalue weighted by atomic mass is 16.6. The SMILES string of the molecule is COC(=O)c1ccc(/C=C2\Oc3cc(OC(=O)C4CCCO4)cc(C)c3C2=O)cc1. The molecule has 1 unspecified atom stereocenters. The fourth-order valence-electron chi connectivity index (χ4n) is 3.47. The number of ketones is 1. The summed E-state index contributed by atoms with van der Waals surface area (Å²) in [7, 11) is 1.31. The molecule has 1 saturated heterocycles. The first-order valence-corrected chi connectivity index (χ1v) is 9.57. The number of aryl methyl sites for hydroxylation is 1. The van der Waals surface area contributed by atoms with E-state index in [2.05, 4.69) is 4.74 Å². The van der Waals surface area contributed by atoms with E-state index in [1.54, 1.807) is 43.3 Å². The van der Waals surface area contributed by atoms with E-state index in [1.807, 2.05) is 0 Å². The molecule has 0 N–H and O–H groups in total. The number of allylic oxidation sites excluding steroid dienone is 1. The molecule has 2 heterocycles. The molecule has 2 aliphatic heterocycles. The molecule has 0 radical (unpaired) electrons. The zero-order valence-corrected chi connectivity index (χ0v) is 16.6. The maximum Gasteiger partial charge on any atom is 0.340 e. The summed E-state index contributed by atoms with van der Waals surface area (Å²) in [6.07, 6.45) is 2.51. The van der Waals surface area contributed by atoms with E-state index in [0.29, 0.717) is 46.8 Å². The fourth-order valence-corrected chi connectivity index (χ4v) is 3.47. The third-order valence-corrected chi connectivity index (χ3v) is 4.98. The van der Waals surface area contributed by atoms with E-state index in [9.17, 15) is 14.4 Å². The number of esters is 2. The van der Waals surface area contributed by atoms with Crippen molar-refractivity contribution in [2.45, 2.75) is 25.9 Å². The first kappa shape index (κ1) is 19.8. The molecular weight excluding hydrogens is 388 g/mol. The van der Waals surface area contributed by atoms with Crippen LogP contribution in [-0.4, -0.2) is 37.5 Å². The topological polar surface area (TPSA) is 88.1 Å². The van der Waals surface area contributed by atoms with Gasteiger partial charge >= 0.3 is 11.9 Å². The van der Waals surface area contributed by atoms with Gasteiger partial charge in [-0.3, -0.25) is 4.79 Å². The van der Waals surface area contributed by atoms with Crippen molar-refractivity contribution < 1.29 is 33.3 Å². The molecule has 0 saturated carbocycles. The van der Waals surface area contributed by atoms with E-state index >= 15 is 0 Å². The van der Waals surface area contributed by atoms with E-state index in [4.69, 9.17) is 14.2 Å². The molecule has 2 aliphatic rings. The Balaban J connectivity index is 1.54. The minimum atomic E-state index is -0.551. The summed E-state index contributed by atoms with van der Waals surface area (Å²) in [5, 5.41) is 0. The summed E-state index contributed by atoms with van der Waals surface area (Å²) in [6.45, 7) is 2.31. The van der Waals surface area contributed by atoms with Crippen LogP contribution >= 0.6 is 0 Å². The Morgan fingerprint density at radius 2 is 1.93 bits per heavy atom. The third-order valence-electron chi connectivity index (χ3n) is 4.98. The molecule has 0 aliphatic carbocycles. The molecule has 0 amide bonds. The van der Waals surface area contributed by atoms with Gasteiger partial charge in [-0.15, -0.1) is 0 Å². The first-order chi connectivity index (χ1) is 14.5. The minimum absolute atomic E-state index is 0.154. The number of carbonyl (C=O) groups excluding carboxylic acids is 3. The maximum atomic E-state index is 12.8. The zero-order valence-electron chi connectivity index (χ0n) is 16.6. The average Bonchev–Trinajstić information content (AvgIpc) is 3.37. The standard InChI is InChI=1S/C23H20O7/c1-13-10-16(29-23(26)17-4-3-9-28-17)12-18-20(13)21(24)19(30-18)11-14-5-7-15(8-6-14)22(25)27-2/h5-8,10-12,17H,3-4,9H2,1-2H3/b19-11-. The lowest BCUT2D eigenvalue weighted by molar-refractivity contribution is -0.144. The first-order valence-electron chi connectivity index (χ1n) is 9.57. The van der Waals surface area contributed by atoms with E-state index < -0.39 is 18.0 Å². The van der Waals surface area contributed by atoms with Crippen molar-refractivity contribution in [2.24, 2.45) is 0 Å². The fraction of sp³-hybridized carbons (Fsp3) is 0.261. The molecule has 0 aromatic heterocycles. The number of ether oxygens (including phenoxy) is 4. The monoisotopic (exact) mass is 408 g/mol. The van der Waals surface area contributed by atoms with Gasteiger partial charge in [0, 0.05) is 12.7 Å². The smallest absolute Gasteiger partial charge is 0.340 e. The predicted octanol–water partition coefficient (Wildman–Crippen LogP) is 3.48. The number of benzene rings is 2. The molecule has 2 aromatic rings. The largest absolute Gasteiger partial charge is 0.465 e. The highest BCUT2D eigenvalue weighted by Crippen LogP contribution is 2.37. The number of fused-ring (bicyclic) bond motifs is 1. The van der Waals surface area contributed by atoms with E-state index in [0.717, 1.165) is 6.42 Å². The van der Waals surface area contributed by atoms with Crippen molar-refractivity contribution in [3.63, 3.8) is 0 Å². The van der Waals surface area contributed by atoms with Gasteiger partial charge in [-0.1, -0.05) is 12.1 Å². The number of hydrogen-bond acceptors (Lipinski definition) is 7. The molecule has 154 valence electrons. The van der Waals surface area contributed by atoms with Crippen molar-refractivity contribution in [2.75, 3.05) is 13.7 Å². The van der Waals surface area contributed by atoms with Gasteiger partial charge in [0.25, 0.3) is 0 Å². The molecule has 0 bridgehead atoms. The van der Waals surface area contributed by atoms with Crippen LogP contribution in [-0.2, 0) is 14.3 Å². The Morgan fingerprint density at radius 1 is 1.17 bits per heavy atom. The normalized spacial score (nSPS) is 18.8. The van der Waals surface area contributed by atoms with Gasteiger partial charge in [-0.25, -0.2) is 9.59 Å². The molecule has 7 nitrogen and oxygen atoms in total. The van der Waals surface area contributed by atoms with Crippen molar-refractivity contribution in [1.82, 2.24) is 0 Å². The molecule has 30 heavy (non-hydrogen) atoms. The zero-order chi connectivity index (χ0) is 21.3. The van der Waals surface area contributed by atoms with E-state index in [1.165, 1.54) is 13.2 Å². The summed E-state index contributed by atoms with van der Waals surface area (Å²) in [4.78, 5) is 36.5. The molecule has 1 atom stereocenters. The van der Waals surface area contributed by atoms with Crippen LogP contribution in [0.4, 0.5) is 0 Å². The maximum absolute atomic E-state index is 12.8. The number of Topliss-reactive ketones (excluding diaryl/α,β-unsaturated/α-hetero) is 1. The van der Waals surface area contributed by atoms with Gasteiger partial charge in [0.2, 0.25) is 5.78 Å². The van der Waals surface area contributed by atoms with Crippen LogP contribution in [0.15, 0.2) is 42.2 Å². The number of hydrogen-bond donors (Lipinski definition) is 0. The van der Waals surface area contributed by atoms with Crippen LogP contribution in [0.2, 0.25) is 0 Å². The Kier molecular flexibility index (Phi) is 5.37. The van der Waals surface area contributed by atoms with Gasteiger partial charge < -0.3 is 18.9 Å². The number of carbonyl (C=O) groups is 3. The van der Waals surface area contributed by atoms with E-state index in [-0.39, 0.29) is 11.5 Å². The summed E-state index contributed by atoms with van der Waals surface area (Å²) in [6, 6.07) is 9.79. The second kappa shape index (κ2) is 8.12.